The van der Waals surface area contributed by atoms with Crippen LogP contribution in [0.15, 0.2) is 67.3 Å². The van der Waals surface area contributed by atoms with E-state index in [1.54, 1.807) is 12.1 Å². The SMILES string of the molecule is C=CC1CCC(c2ccc(-c3ccc(C(=O)Oc4ccc(C5CO5)c(F)c4)cc3)c(F)c2F)CC1. The van der Waals surface area contributed by atoms with Gasteiger partial charge >= 0.3 is 5.97 Å². The van der Waals surface area contributed by atoms with Crippen LogP contribution in [0.4, 0.5) is 13.2 Å². The molecule has 3 nitrogen and oxygen atoms in total. The molecule has 1 saturated heterocycles. The van der Waals surface area contributed by atoms with E-state index in [4.69, 9.17) is 9.47 Å². The quantitative estimate of drug-likeness (QED) is 0.159. The van der Waals surface area contributed by atoms with Crippen LogP contribution in [-0.4, -0.2) is 12.6 Å². The fourth-order valence-electron chi connectivity index (χ4n) is 4.78. The second-order valence-electron chi connectivity index (χ2n) is 9.15. The highest BCUT2D eigenvalue weighted by atomic mass is 19.2. The molecule has 1 unspecified atom stereocenters. The molecule has 0 bridgehead atoms. The van der Waals surface area contributed by atoms with E-state index in [1.807, 2.05) is 6.08 Å². The van der Waals surface area contributed by atoms with Crippen molar-refractivity contribution in [2.75, 3.05) is 6.61 Å². The molecule has 6 heteroatoms. The maximum atomic E-state index is 15.0. The van der Waals surface area contributed by atoms with E-state index >= 15 is 0 Å². The first kappa shape index (κ1) is 23.4. The minimum Gasteiger partial charge on any atom is -0.423 e. The molecule has 0 amide bonds. The summed E-state index contributed by atoms with van der Waals surface area (Å²) >= 11 is 0. The molecule has 0 radical (unpaired) electrons. The molecule has 3 aromatic rings. The third kappa shape index (κ3) is 4.89. The van der Waals surface area contributed by atoms with Crippen LogP contribution in [0.3, 0.4) is 0 Å². The number of halogens is 3. The van der Waals surface area contributed by atoms with E-state index in [2.05, 4.69) is 6.58 Å². The molecule has 1 heterocycles. The average Bonchev–Trinajstić information content (AvgIpc) is 3.71. The number of hydrogen-bond acceptors (Lipinski definition) is 3. The number of ether oxygens (including phenoxy) is 2. The van der Waals surface area contributed by atoms with Gasteiger partial charge in [-0.1, -0.05) is 30.3 Å². The van der Waals surface area contributed by atoms with Crippen LogP contribution >= 0.6 is 0 Å². The van der Waals surface area contributed by atoms with Gasteiger partial charge in [-0.05, 0) is 72.9 Å². The van der Waals surface area contributed by atoms with Gasteiger partial charge in [0.05, 0.1) is 12.2 Å². The van der Waals surface area contributed by atoms with Crippen molar-refractivity contribution < 1.29 is 27.4 Å². The summed E-state index contributed by atoms with van der Waals surface area (Å²) in [6.45, 7) is 4.31. The second-order valence-corrected chi connectivity index (χ2v) is 9.15. The highest BCUT2D eigenvalue weighted by molar-refractivity contribution is 5.91. The molecule has 5 rings (SSSR count). The number of benzene rings is 3. The Labute approximate surface area is 202 Å². The zero-order valence-corrected chi connectivity index (χ0v) is 19.1. The first-order chi connectivity index (χ1) is 16.9. The Morgan fingerprint density at radius 2 is 1.60 bits per heavy atom. The molecule has 2 aliphatic rings. The van der Waals surface area contributed by atoms with Crippen molar-refractivity contribution in [3.63, 3.8) is 0 Å². The Bertz CT molecular complexity index is 1260. The average molecular weight is 479 g/mol. The van der Waals surface area contributed by atoms with Crippen molar-refractivity contribution in [1.29, 1.82) is 0 Å². The molecule has 180 valence electrons. The fourth-order valence-corrected chi connectivity index (χ4v) is 4.78. The van der Waals surface area contributed by atoms with Gasteiger partial charge in [-0.2, -0.15) is 0 Å². The summed E-state index contributed by atoms with van der Waals surface area (Å²) in [5.74, 6) is -2.35. The lowest BCUT2D eigenvalue weighted by Crippen LogP contribution is -2.13. The van der Waals surface area contributed by atoms with Gasteiger partial charge in [0.15, 0.2) is 11.6 Å². The van der Waals surface area contributed by atoms with E-state index in [0.29, 0.717) is 29.2 Å². The number of carbonyl (C=O) groups excluding carboxylic acids is 1. The lowest BCUT2D eigenvalue weighted by atomic mass is 9.78. The Balaban J connectivity index is 1.29. The number of epoxide rings is 1. The van der Waals surface area contributed by atoms with Gasteiger partial charge in [-0.25, -0.2) is 18.0 Å². The predicted molar refractivity (Wildman–Crippen MR) is 127 cm³/mol. The molecule has 1 aliphatic heterocycles. The van der Waals surface area contributed by atoms with Crippen molar-refractivity contribution in [2.24, 2.45) is 5.92 Å². The molecule has 2 fully saturated rings. The first-order valence-electron chi connectivity index (χ1n) is 11.8. The molecule has 1 aliphatic carbocycles. The zero-order chi connectivity index (χ0) is 24.5. The fraction of sp³-hybridized carbons (Fsp3) is 0.276. The topological polar surface area (TPSA) is 38.8 Å². The Morgan fingerprint density at radius 1 is 0.914 bits per heavy atom. The van der Waals surface area contributed by atoms with Crippen molar-refractivity contribution in [3.8, 4) is 16.9 Å². The molecular weight excluding hydrogens is 453 g/mol. The molecule has 3 aromatic carbocycles. The molecule has 35 heavy (non-hydrogen) atoms. The maximum Gasteiger partial charge on any atom is 0.343 e. The van der Waals surface area contributed by atoms with Crippen LogP contribution in [0, 0.1) is 23.4 Å². The molecular formula is C29H25F3O3. The monoisotopic (exact) mass is 478 g/mol. The predicted octanol–water partition coefficient (Wildman–Crippen LogP) is 7.52. The van der Waals surface area contributed by atoms with Crippen LogP contribution in [0.2, 0.25) is 0 Å². The summed E-state index contributed by atoms with van der Waals surface area (Å²) in [5, 5.41) is 0. The Kier molecular flexibility index (Phi) is 6.48. The molecule has 0 aromatic heterocycles. The van der Waals surface area contributed by atoms with E-state index in [-0.39, 0.29) is 28.9 Å². The molecule has 0 spiro atoms. The summed E-state index contributed by atoms with van der Waals surface area (Å²) in [7, 11) is 0. The summed E-state index contributed by atoms with van der Waals surface area (Å²) in [6, 6.07) is 13.5. The van der Waals surface area contributed by atoms with E-state index < -0.39 is 23.4 Å². The number of esters is 1. The Morgan fingerprint density at radius 3 is 2.23 bits per heavy atom. The summed E-state index contributed by atoms with van der Waals surface area (Å²) in [4.78, 5) is 12.5. The van der Waals surface area contributed by atoms with Crippen LogP contribution < -0.4 is 4.74 Å². The van der Waals surface area contributed by atoms with Crippen LogP contribution in [-0.2, 0) is 4.74 Å². The molecule has 0 N–H and O–H groups in total. The third-order valence-electron chi connectivity index (χ3n) is 6.95. The first-order valence-corrected chi connectivity index (χ1v) is 11.8. The lowest BCUT2D eigenvalue weighted by molar-refractivity contribution is 0.0734. The van der Waals surface area contributed by atoms with E-state index in [1.165, 1.54) is 36.4 Å². The Hall–Kier alpha value is -3.38. The minimum absolute atomic E-state index is 0.00241. The van der Waals surface area contributed by atoms with E-state index in [0.717, 1.165) is 31.7 Å². The number of hydrogen-bond donors (Lipinski definition) is 0. The van der Waals surface area contributed by atoms with Crippen molar-refractivity contribution in [2.45, 2.75) is 37.7 Å². The molecule has 1 atom stereocenters. The normalized spacial score (nSPS) is 21.4. The van der Waals surface area contributed by atoms with Gasteiger partial charge < -0.3 is 9.47 Å². The molecule has 1 saturated carbocycles. The van der Waals surface area contributed by atoms with Crippen LogP contribution in [0.1, 0.15) is 59.2 Å². The zero-order valence-electron chi connectivity index (χ0n) is 19.1. The third-order valence-corrected chi connectivity index (χ3v) is 6.95. The summed E-state index contributed by atoms with van der Waals surface area (Å²) < 4.78 is 54.4. The number of carbonyl (C=O) groups is 1. The van der Waals surface area contributed by atoms with Gasteiger partial charge in [-0.3, -0.25) is 0 Å². The van der Waals surface area contributed by atoms with E-state index in [9.17, 15) is 18.0 Å². The highest BCUT2D eigenvalue weighted by Crippen LogP contribution is 2.39. The van der Waals surface area contributed by atoms with Gasteiger partial charge in [0.1, 0.15) is 17.7 Å². The van der Waals surface area contributed by atoms with Crippen molar-refractivity contribution in [1.82, 2.24) is 0 Å². The highest BCUT2D eigenvalue weighted by Gasteiger charge is 2.28. The number of allylic oxidation sites excluding steroid dienone is 1. The summed E-state index contributed by atoms with van der Waals surface area (Å²) in [5.41, 5.74) is 1.63. The second kappa shape index (κ2) is 9.70. The maximum absolute atomic E-state index is 15.0. The van der Waals surface area contributed by atoms with Crippen molar-refractivity contribution >= 4 is 5.97 Å². The van der Waals surface area contributed by atoms with Crippen LogP contribution in [0.25, 0.3) is 11.1 Å². The largest absolute Gasteiger partial charge is 0.423 e. The smallest absolute Gasteiger partial charge is 0.343 e. The minimum atomic E-state index is -0.890. The standard InChI is InChI=1S/C29H25F3O3/c1-2-17-3-5-18(6-4-17)22-13-14-23(28(32)27(22)31)19-7-9-20(10-8-19)29(33)35-21-11-12-24(25(30)15-21)26-16-34-26/h2,7-15,17-18,26H,1,3-6,16H2. The van der Waals surface area contributed by atoms with Gasteiger partial charge in [0, 0.05) is 17.2 Å². The van der Waals surface area contributed by atoms with Gasteiger partial charge in [0.25, 0.3) is 0 Å². The number of rotatable bonds is 6. The van der Waals surface area contributed by atoms with Crippen LogP contribution in [0.5, 0.6) is 5.75 Å². The summed E-state index contributed by atoms with van der Waals surface area (Å²) in [6.07, 6.45) is 5.18. The van der Waals surface area contributed by atoms with Crippen molar-refractivity contribution in [3.05, 3.63) is 101 Å². The van der Waals surface area contributed by atoms with Gasteiger partial charge in [0.2, 0.25) is 0 Å². The van der Waals surface area contributed by atoms with Gasteiger partial charge in [-0.15, -0.1) is 6.58 Å². The lowest BCUT2D eigenvalue weighted by Gasteiger charge is -2.27.